The Morgan fingerprint density at radius 3 is 3.05 bits per heavy atom. The first kappa shape index (κ1) is 14.6. The fraction of sp³-hybridized carbons (Fsp3) is 0.438. The van der Waals surface area contributed by atoms with Crippen molar-refractivity contribution in [1.82, 2.24) is 5.32 Å². The summed E-state index contributed by atoms with van der Waals surface area (Å²) in [5, 5.41) is 11.7. The molecular weight excluding hydrogens is 254 g/mol. The molecule has 1 saturated heterocycles. The Bertz CT molecular complexity index is 510. The fourth-order valence-electron chi connectivity index (χ4n) is 2.23. The third kappa shape index (κ3) is 4.09. The summed E-state index contributed by atoms with van der Waals surface area (Å²) in [5.74, 6) is 5.63. The van der Waals surface area contributed by atoms with E-state index in [1.807, 2.05) is 12.1 Å². The lowest BCUT2D eigenvalue weighted by atomic mass is 10.0. The third-order valence-corrected chi connectivity index (χ3v) is 3.28. The predicted molar refractivity (Wildman–Crippen MR) is 76.3 cm³/mol. The van der Waals surface area contributed by atoms with Crippen molar-refractivity contribution in [3.8, 4) is 11.8 Å². The number of hydrogen-bond donors (Lipinski definition) is 2. The summed E-state index contributed by atoms with van der Waals surface area (Å²) in [6, 6.07) is 7.16. The second-order valence-electron chi connectivity index (χ2n) is 4.80. The van der Waals surface area contributed by atoms with Gasteiger partial charge in [-0.05, 0) is 30.9 Å². The van der Waals surface area contributed by atoms with Gasteiger partial charge in [-0.1, -0.05) is 24.0 Å². The lowest BCUT2D eigenvalue weighted by Crippen LogP contribution is -2.33. The Labute approximate surface area is 119 Å². The Morgan fingerprint density at radius 1 is 1.45 bits per heavy atom. The number of rotatable bonds is 3. The molecule has 0 saturated carbocycles. The Kier molecular flexibility index (Phi) is 5.60. The molecule has 0 spiro atoms. The SMILES string of the molecule is O=C(NCC1CCCOC1)c1ccccc1C#CCO. The maximum atomic E-state index is 12.2. The molecule has 1 aromatic rings. The lowest BCUT2D eigenvalue weighted by Gasteiger charge is -2.22. The number of hydrogen-bond acceptors (Lipinski definition) is 3. The van der Waals surface area contributed by atoms with Crippen molar-refractivity contribution in [2.24, 2.45) is 5.92 Å². The van der Waals surface area contributed by atoms with Crippen LogP contribution in [0.4, 0.5) is 0 Å². The molecule has 4 heteroatoms. The molecule has 0 bridgehead atoms. The average molecular weight is 273 g/mol. The van der Waals surface area contributed by atoms with Gasteiger partial charge < -0.3 is 15.2 Å². The number of aliphatic hydroxyl groups is 1. The quantitative estimate of drug-likeness (QED) is 0.813. The summed E-state index contributed by atoms with van der Waals surface area (Å²) in [6.07, 6.45) is 2.14. The van der Waals surface area contributed by atoms with Crippen LogP contribution < -0.4 is 5.32 Å². The molecule has 0 aliphatic carbocycles. The van der Waals surface area contributed by atoms with E-state index in [1.165, 1.54) is 0 Å². The van der Waals surface area contributed by atoms with E-state index in [-0.39, 0.29) is 12.5 Å². The highest BCUT2D eigenvalue weighted by Crippen LogP contribution is 2.13. The van der Waals surface area contributed by atoms with E-state index in [2.05, 4.69) is 17.2 Å². The van der Waals surface area contributed by atoms with Crippen molar-refractivity contribution in [2.45, 2.75) is 12.8 Å². The minimum Gasteiger partial charge on any atom is -0.384 e. The largest absolute Gasteiger partial charge is 0.384 e. The van der Waals surface area contributed by atoms with E-state index in [0.717, 1.165) is 19.4 Å². The average Bonchev–Trinajstić information content (AvgIpc) is 2.52. The van der Waals surface area contributed by atoms with Crippen LogP contribution in [0.2, 0.25) is 0 Å². The molecule has 20 heavy (non-hydrogen) atoms. The molecule has 1 atom stereocenters. The van der Waals surface area contributed by atoms with Crippen LogP contribution in [0, 0.1) is 17.8 Å². The number of amides is 1. The molecule has 1 aliphatic rings. The van der Waals surface area contributed by atoms with Crippen molar-refractivity contribution in [3.05, 3.63) is 35.4 Å². The van der Waals surface area contributed by atoms with E-state index in [9.17, 15) is 4.79 Å². The van der Waals surface area contributed by atoms with Crippen molar-refractivity contribution in [1.29, 1.82) is 0 Å². The molecule has 1 heterocycles. The molecule has 0 radical (unpaired) electrons. The summed E-state index contributed by atoms with van der Waals surface area (Å²) in [7, 11) is 0. The summed E-state index contributed by atoms with van der Waals surface area (Å²) in [6.45, 7) is 1.95. The van der Waals surface area contributed by atoms with Gasteiger partial charge in [-0.15, -0.1) is 0 Å². The molecule has 106 valence electrons. The maximum absolute atomic E-state index is 12.2. The molecule has 1 aliphatic heterocycles. The number of carbonyl (C=O) groups excluding carboxylic acids is 1. The van der Waals surface area contributed by atoms with E-state index >= 15 is 0 Å². The van der Waals surface area contributed by atoms with Gasteiger partial charge in [0.2, 0.25) is 0 Å². The van der Waals surface area contributed by atoms with Gasteiger partial charge in [0.1, 0.15) is 6.61 Å². The molecule has 2 rings (SSSR count). The van der Waals surface area contributed by atoms with Gasteiger partial charge in [-0.2, -0.15) is 0 Å². The number of ether oxygens (including phenoxy) is 1. The van der Waals surface area contributed by atoms with Crippen LogP contribution in [0.3, 0.4) is 0 Å². The third-order valence-electron chi connectivity index (χ3n) is 3.28. The lowest BCUT2D eigenvalue weighted by molar-refractivity contribution is 0.0536. The summed E-state index contributed by atoms with van der Waals surface area (Å²) >= 11 is 0. The van der Waals surface area contributed by atoms with Gasteiger partial charge >= 0.3 is 0 Å². The van der Waals surface area contributed by atoms with E-state index in [4.69, 9.17) is 9.84 Å². The number of benzene rings is 1. The van der Waals surface area contributed by atoms with Crippen LogP contribution in [0.1, 0.15) is 28.8 Å². The molecule has 1 amide bonds. The highest BCUT2D eigenvalue weighted by Gasteiger charge is 2.16. The van der Waals surface area contributed by atoms with Crippen LogP contribution in [0.25, 0.3) is 0 Å². The van der Waals surface area contributed by atoms with Crippen molar-refractivity contribution >= 4 is 5.91 Å². The topological polar surface area (TPSA) is 58.6 Å². The first-order chi connectivity index (χ1) is 9.81. The first-order valence-electron chi connectivity index (χ1n) is 6.86. The highest BCUT2D eigenvalue weighted by atomic mass is 16.5. The van der Waals surface area contributed by atoms with Crippen LogP contribution in [-0.2, 0) is 4.74 Å². The van der Waals surface area contributed by atoms with Crippen LogP contribution in [-0.4, -0.2) is 37.4 Å². The minimum absolute atomic E-state index is 0.126. The van der Waals surface area contributed by atoms with Gasteiger partial charge in [0.25, 0.3) is 5.91 Å². The van der Waals surface area contributed by atoms with Crippen LogP contribution in [0.15, 0.2) is 24.3 Å². The zero-order valence-electron chi connectivity index (χ0n) is 11.4. The van der Waals surface area contributed by atoms with Crippen molar-refractivity contribution in [3.63, 3.8) is 0 Å². The molecule has 2 N–H and O–H groups in total. The highest BCUT2D eigenvalue weighted by molar-refractivity contribution is 5.96. The smallest absolute Gasteiger partial charge is 0.252 e. The van der Waals surface area contributed by atoms with Crippen LogP contribution in [0.5, 0.6) is 0 Å². The molecule has 4 nitrogen and oxygen atoms in total. The van der Waals surface area contributed by atoms with Crippen molar-refractivity contribution in [2.75, 3.05) is 26.4 Å². The van der Waals surface area contributed by atoms with Crippen LogP contribution >= 0.6 is 0 Å². The molecule has 0 aromatic heterocycles. The van der Waals surface area contributed by atoms with Gasteiger partial charge in [0.05, 0.1) is 12.2 Å². The van der Waals surface area contributed by atoms with E-state index in [1.54, 1.807) is 12.1 Å². The molecule has 1 fully saturated rings. The number of aliphatic hydroxyl groups excluding tert-OH is 1. The predicted octanol–water partition coefficient (Wildman–Crippen LogP) is 1.19. The summed E-state index contributed by atoms with van der Waals surface area (Å²) in [4.78, 5) is 12.2. The molecule has 1 unspecified atom stereocenters. The van der Waals surface area contributed by atoms with Gasteiger partial charge in [0, 0.05) is 18.7 Å². The fourth-order valence-corrected chi connectivity index (χ4v) is 2.23. The second-order valence-corrected chi connectivity index (χ2v) is 4.80. The Morgan fingerprint density at radius 2 is 2.30 bits per heavy atom. The molecular formula is C16H19NO3. The second kappa shape index (κ2) is 7.68. The normalized spacial score (nSPS) is 17.9. The summed E-state index contributed by atoms with van der Waals surface area (Å²) < 4.78 is 5.40. The molecule has 1 aromatic carbocycles. The van der Waals surface area contributed by atoms with E-state index in [0.29, 0.717) is 30.2 Å². The van der Waals surface area contributed by atoms with Gasteiger partial charge in [0.15, 0.2) is 0 Å². The minimum atomic E-state index is -0.213. The maximum Gasteiger partial charge on any atom is 0.252 e. The standard InChI is InChI=1S/C16H19NO3/c18-9-3-7-14-6-1-2-8-15(14)16(19)17-11-13-5-4-10-20-12-13/h1-2,6,8,13,18H,4-5,9-12H2,(H,17,19). The van der Waals surface area contributed by atoms with Gasteiger partial charge in [-0.3, -0.25) is 4.79 Å². The summed E-state index contributed by atoms with van der Waals surface area (Å²) in [5.41, 5.74) is 1.18. The van der Waals surface area contributed by atoms with Gasteiger partial charge in [-0.25, -0.2) is 0 Å². The monoisotopic (exact) mass is 273 g/mol. The zero-order valence-corrected chi connectivity index (χ0v) is 11.4. The Hall–Kier alpha value is -1.83. The number of carbonyl (C=O) groups is 1. The first-order valence-corrected chi connectivity index (χ1v) is 6.86. The Balaban J connectivity index is 1.97. The zero-order chi connectivity index (χ0) is 14.2. The van der Waals surface area contributed by atoms with Crippen molar-refractivity contribution < 1.29 is 14.6 Å². The number of nitrogens with one attached hydrogen (secondary N) is 1. The van der Waals surface area contributed by atoms with E-state index < -0.39 is 0 Å².